The van der Waals surface area contributed by atoms with Crippen LogP contribution in [0.4, 0.5) is 4.79 Å². The summed E-state index contributed by atoms with van der Waals surface area (Å²) in [6.45, 7) is 0. The van der Waals surface area contributed by atoms with E-state index < -0.39 is 17.8 Å². The van der Waals surface area contributed by atoms with Crippen molar-refractivity contribution in [3.8, 4) is 0 Å². The van der Waals surface area contributed by atoms with Crippen LogP contribution in [0.2, 0.25) is 0 Å². The summed E-state index contributed by atoms with van der Waals surface area (Å²) >= 11 is 4.31. The van der Waals surface area contributed by atoms with E-state index in [1.54, 1.807) is 0 Å². The lowest BCUT2D eigenvalue weighted by Gasteiger charge is -2.30. The molecule has 1 heterocycles. The normalized spacial score (nSPS) is 19.3. The maximum atomic E-state index is 10.6. The van der Waals surface area contributed by atoms with Crippen molar-refractivity contribution in [2.45, 2.75) is 6.42 Å². The van der Waals surface area contributed by atoms with Crippen molar-refractivity contribution < 1.29 is 14.4 Å². The summed E-state index contributed by atoms with van der Waals surface area (Å²) in [5.74, 6) is -1.25. The monoisotopic (exact) mass is 159 g/mol. The molecule has 0 atom stereocenters. The third-order valence-corrected chi connectivity index (χ3v) is 1.34. The highest BCUT2D eigenvalue weighted by atomic mass is 32.1. The van der Waals surface area contributed by atoms with Gasteiger partial charge in [-0.1, -0.05) is 0 Å². The number of hydrogen-bond acceptors (Lipinski definition) is 4. The Morgan fingerprint density at radius 1 is 1.40 bits per heavy atom. The second kappa shape index (κ2) is 2.30. The zero-order valence-corrected chi connectivity index (χ0v) is 5.60. The van der Waals surface area contributed by atoms with E-state index >= 15 is 0 Å². The number of nitrogens with one attached hydrogen (secondary N) is 1. The van der Waals surface area contributed by atoms with Crippen molar-refractivity contribution in [2.24, 2.45) is 0 Å². The van der Waals surface area contributed by atoms with Crippen molar-refractivity contribution in [2.75, 3.05) is 0 Å². The van der Waals surface area contributed by atoms with Crippen LogP contribution in [-0.2, 0) is 22.4 Å². The Kier molecular flexibility index (Phi) is 1.62. The van der Waals surface area contributed by atoms with E-state index in [-0.39, 0.29) is 6.42 Å². The van der Waals surface area contributed by atoms with E-state index in [4.69, 9.17) is 0 Å². The molecule has 0 aliphatic carbocycles. The SMILES string of the molecule is O=C1CC(=O)N([S-])C(=O)N1. The second-order valence-electron chi connectivity index (χ2n) is 1.72. The third kappa shape index (κ3) is 1.10. The number of carbonyl (C=O) groups excluding carboxylic acids is 3. The molecule has 0 spiro atoms. The molecule has 1 fully saturated rings. The first-order valence-corrected chi connectivity index (χ1v) is 2.81. The summed E-state index contributed by atoms with van der Waals surface area (Å²) in [7, 11) is 0. The smallest absolute Gasteiger partial charge is 0.308 e. The average molecular weight is 159 g/mol. The van der Waals surface area contributed by atoms with Gasteiger partial charge in [-0.15, -0.1) is 0 Å². The van der Waals surface area contributed by atoms with Gasteiger partial charge in [-0.3, -0.25) is 14.9 Å². The molecule has 0 bridgehead atoms. The number of hydrogen-bond donors (Lipinski definition) is 1. The Bertz CT molecular complexity index is 195. The van der Waals surface area contributed by atoms with Crippen molar-refractivity contribution in [3.63, 3.8) is 0 Å². The highest BCUT2D eigenvalue weighted by Gasteiger charge is 2.22. The van der Waals surface area contributed by atoms with Crippen LogP contribution < -0.4 is 5.32 Å². The number of carbonyl (C=O) groups is 3. The molecule has 1 rings (SSSR count). The van der Waals surface area contributed by atoms with Crippen LogP contribution in [0, 0.1) is 0 Å². The van der Waals surface area contributed by atoms with Gasteiger partial charge in [0.25, 0.3) is 0 Å². The standard InChI is InChI=1S/C4H3N2O3S/c7-2-1-3(8)6(10)4(9)5-2/h1H2,(H,5,7,9)/q-1. The van der Waals surface area contributed by atoms with Crippen LogP contribution in [0.5, 0.6) is 0 Å². The molecule has 4 amide bonds. The lowest BCUT2D eigenvalue weighted by atomic mass is 10.3. The zero-order valence-electron chi connectivity index (χ0n) is 4.79. The van der Waals surface area contributed by atoms with Gasteiger partial charge in [0.15, 0.2) is 0 Å². The molecule has 0 unspecified atom stereocenters. The summed E-state index contributed by atoms with van der Waals surface area (Å²) in [5, 5.41) is 1.88. The summed E-state index contributed by atoms with van der Waals surface area (Å²) < 4.78 is 0.460. The first-order valence-electron chi connectivity index (χ1n) is 2.45. The van der Waals surface area contributed by atoms with Gasteiger partial charge < -0.3 is 17.1 Å². The Morgan fingerprint density at radius 2 is 2.00 bits per heavy atom. The maximum absolute atomic E-state index is 10.6. The van der Waals surface area contributed by atoms with Crippen molar-refractivity contribution in [3.05, 3.63) is 0 Å². The quantitative estimate of drug-likeness (QED) is 0.360. The molecule has 6 heteroatoms. The van der Waals surface area contributed by atoms with Crippen LogP contribution in [0.25, 0.3) is 0 Å². The largest absolute Gasteiger partial charge is 0.653 e. The van der Waals surface area contributed by atoms with Gasteiger partial charge in [-0.05, 0) is 0 Å². The Morgan fingerprint density at radius 3 is 2.50 bits per heavy atom. The highest BCUT2D eigenvalue weighted by molar-refractivity contribution is 7.57. The molecule has 0 saturated carbocycles. The lowest BCUT2D eigenvalue weighted by molar-refractivity contribution is -0.132. The maximum Gasteiger partial charge on any atom is 0.308 e. The number of rotatable bonds is 0. The number of barbiturate groups is 1. The molecule has 1 aliphatic rings. The van der Waals surface area contributed by atoms with Crippen LogP contribution in [0.1, 0.15) is 6.42 Å². The molecule has 5 nitrogen and oxygen atoms in total. The Hall–Kier alpha value is -1.04. The molecule has 1 N–H and O–H groups in total. The topological polar surface area (TPSA) is 66.5 Å². The molecule has 54 valence electrons. The van der Waals surface area contributed by atoms with E-state index in [0.717, 1.165) is 0 Å². The summed E-state index contributed by atoms with van der Waals surface area (Å²) in [5.41, 5.74) is 0. The molecule has 0 aromatic heterocycles. The number of nitrogens with zero attached hydrogens (tertiary/aromatic N) is 1. The van der Waals surface area contributed by atoms with E-state index in [0.29, 0.717) is 4.31 Å². The molecular formula is C4H3N2O3S-. The molecular weight excluding hydrogens is 156 g/mol. The van der Waals surface area contributed by atoms with Crippen molar-refractivity contribution >= 4 is 30.7 Å². The molecule has 0 radical (unpaired) electrons. The van der Waals surface area contributed by atoms with Crippen LogP contribution >= 0.6 is 0 Å². The number of urea groups is 1. The van der Waals surface area contributed by atoms with Gasteiger partial charge in [0, 0.05) is 0 Å². The summed E-state index contributed by atoms with van der Waals surface area (Å²) in [6.07, 6.45) is -0.338. The third-order valence-electron chi connectivity index (χ3n) is 0.969. The second-order valence-corrected chi connectivity index (χ2v) is 2.08. The van der Waals surface area contributed by atoms with Gasteiger partial charge in [-0.25, -0.2) is 4.79 Å². The van der Waals surface area contributed by atoms with Gasteiger partial charge in [0.2, 0.25) is 11.8 Å². The molecule has 1 saturated heterocycles. The van der Waals surface area contributed by atoms with Crippen LogP contribution in [0.15, 0.2) is 0 Å². The number of amides is 4. The van der Waals surface area contributed by atoms with Gasteiger partial charge in [0.05, 0.1) is 0 Å². The van der Waals surface area contributed by atoms with E-state index in [1.807, 2.05) is 5.32 Å². The highest BCUT2D eigenvalue weighted by Crippen LogP contribution is 1.98. The molecule has 10 heavy (non-hydrogen) atoms. The van der Waals surface area contributed by atoms with Crippen molar-refractivity contribution in [1.29, 1.82) is 0 Å². The Labute approximate surface area is 61.9 Å². The molecule has 0 aromatic carbocycles. The number of imide groups is 2. The molecule has 0 aromatic rings. The fourth-order valence-corrected chi connectivity index (χ4v) is 0.647. The van der Waals surface area contributed by atoms with E-state index in [2.05, 4.69) is 12.8 Å². The average Bonchev–Trinajstić information content (AvgIpc) is 1.82. The fourth-order valence-electron chi connectivity index (χ4n) is 0.537. The first-order chi connectivity index (χ1) is 4.61. The predicted octanol–water partition coefficient (Wildman–Crippen LogP) is -1.08. The lowest BCUT2D eigenvalue weighted by Crippen LogP contribution is -2.49. The minimum Gasteiger partial charge on any atom is -0.653 e. The van der Waals surface area contributed by atoms with Crippen LogP contribution in [-0.4, -0.2) is 22.2 Å². The van der Waals surface area contributed by atoms with Gasteiger partial charge in [0.1, 0.15) is 6.42 Å². The Balaban J connectivity index is 2.76. The summed E-state index contributed by atoms with van der Waals surface area (Å²) in [4.78, 5) is 31.4. The van der Waals surface area contributed by atoms with Gasteiger partial charge in [-0.2, -0.15) is 0 Å². The minimum atomic E-state index is -0.837. The first kappa shape index (κ1) is 7.07. The predicted molar refractivity (Wildman–Crippen MR) is 32.4 cm³/mol. The zero-order chi connectivity index (χ0) is 7.72. The summed E-state index contributed by atoms with van der Waals surface area (Å²) in [6, 6.07) is -0.837. The van der Waals surface area contributed by atoms with E-state index in [1.165, 1.54) is 0 Å². The van der Waals surface area contributed by atoms with Crippen molar-refractivity contribution in [1.82, 2.24) is 9.62 Å². The fraction of sp³-hybridized carbons (Fsp3) is 0.250. The molecule has 1 aliphatic heterocycles. The van der Waals surface area contributed by atoms with Gasteiger partial charge >= 0.3 is 6.03 Å². The van der Waals surface area contributed by atoms with Crippen LogP contribution in [0.3, 0.4) is 0 Å². The minimum absolute atomic E-state index is 0.338. The van der Waals surface area contributed by atoms with E-state index in [9.17, 15) is 14.4 Å².